The van der Waals surface area contributed by atoms with Crippen LogP contribution < -0.4 is 10.1 Å². The van der Waals surface area contributed by atoms with Crippen molar-refractivity contribution in [3.8, 4) is 16.9 Å². The number of fused-ring (bicyclic) bond motifs is 1. The van der Waals surface area contributed by atoms with Gasteiger partial charge in [0.25, 0.3) is 5.91 Å². The third kappa shape index (κ3) is 4.83. The van der Waals surface area contributed by atoms with Gasteiger partial charge in [-0.1, -0.05) is 24.3 Å². The first-order chi connectivity index (χ1) is 15.7. The number of nitrogens with one attached hydrogen (secondary N) is 1. The Balaban J connectivity index is 1.17. The van der Waals surface area contributed by atoms with E-state index in [0.717, 1.165) is 50.0 Å². The van der Waals surface area contributed by atoms with Gasteiger partial charge in [-0.3, -0.25) is 9.78 Å². The number of hydrogen-bond donors (Lipinski definition) is 1. The van der Waals surface area contributed by atoms with E-state index in [0.29, 0.717) is 12.2 Å². The van der Waals surface area contributed by atoms with Crippen LogP contribution in [0.25, 0.3) is 11.1 Å². The van der Waals surface area contributed by atoms with Gasteiger partial charge in [-0.2, -0.15) is 0 Å². The summed E-state index contributed by atoms with van der Waals surface area (Å²) in [5.74, 6) is 0.740. The number of benzene rings is 2. The van der Waals surface area contributed by atoms with E-state index in [9.17, 15) is 4.79 Å². The molecule has 1 N–H and O–H groups in total. The lowest BCUT2D eigenvalue weighted by molar-refractivity contribution is 0.0679. The van der Waals surface area contributed by atoms with Gasteiger partial charge < -0.3 is 14.8 Å². The average Bonchev–Trinajstić information content (AvgIpc) is 3.37. The largest absolute Gasteiger partial charge is 0.491 e. The van der Waals surface area contributed by atoms with Gasteiger partial charge in [-0.05, 0) is 84.7 Å². The van der Waals surface area contributed by atoms with E-state index in [1.54, 1.807) is 6.20 Å². The predicted molar refractivity (Wildman–Crippen MR) is 124 cm³/mol. The molecule has 2 unspecified atom stereocenters. The summed E-state index contributed by atoms with van der Waals surface area (Å²) in [6, 6.07) is 18.2. The molecule has 2 atom stereocenters. The summed E-state index contributed by atoms with van der Waals surface area (Å²) in [6.45, 7) is 1.39. The Morgan fingerprint density at radius 1 is 1.06 bits per heavy atom. The first-order valence-corrected chi connectivity index (χ1v) is 11.4. The van der Waals surface area contributed by atoms with Gasteiger partial charge in [0.2, 0.25) is 0 Å². The van der Waals surface area contributed by atoms with Crippen LogP contribution in [0.1, 0.15) is 40.7 Å². The second-order valence-corrected chi connectivity index (χ2v) is 8.61. The standard InChI is InChI=1S/C27H28N2O3/c30-27(19-8-11-25(12-9-19)32-18-26-4-2-14-31-26)29-24-10-7-20-15-21(5-6-22(20)16-24)23-3-1-13-28-17-23/h1,3,5-6,8-9,11-13,15,17,24,26H,2,4,7,10,14,16,18H2,(H,29,30). The van der Waals surface area contributed by atoms with Crippen molar-refractivity contribution < 1.29 is 14.3 Å². The lowest BCUT2D eigenvalue weighted by Crippen LogP contribution is -2.38. The fraction of sp³-hybridized carbons (Fsp3) is 0.333. The molecule has 0 saturated carbocycles. The molecule has 0 spiro atoms. The monoisotopic (exact) mass is 428 g/mol. The van der Waals surface area contributed by atoms with Gasteiger partial charge in [0.15, 0.2) is 0 Å². The minimum Gasteiger partial charge on any atom is -0.491 e. The molecule has 2 aromatic carbocycles. The number of nitrogens with zero attached hydrogens (tertiary/aromatic N) is 1. The Hall–Kier alpha value is -3.18. The molecule has 1 aliphatic carbocycles. The van der Waals surface area contributed by atoms with E-state index in [2.05, 4.69) is 34.6 Å². The lowest BCUT2D eigenvalue weighted by Gasteiger charge is -2.26. The Labute approximate surface area is 188 Å². The molecular weight excluding hydrogens is 400 g/mol. The van der Waals surface area contributed by atoms with Crippen molar-refractivity contribution in [3.05, 3.63) is 83.7 Å². The SMILES string of the molecule is O=C(NC1CCc2cc(-c3cccnc3)ccc2C1)c1ccc(OCC2CCCO2)cc1. The maximum Gasteiger partial charge on any atom is 0.251 e. The molecule has 1 aromatic heterocycles. The molecule has 32 heavy (non-hydrogen) atoms. The molecule has 1 amide bonds. The lowest BCUT2D eigenvalue weighted by atomic mass is 9.86. The van der Waals surface area contributed by atoms with Crippen LogP contribution in [0, 0.1) is 0 Å². The number of carbonyl (C=O) groups is 1. The highest BCUT2D eigenvalue weighted by molar-refractivity contribution is 5.94. The topological polar surface area (TPSA) is 60.5 Å². The van der Waals surface area contributed by atoms with Crippen LogP contribution in [0.15, 0.2) is 67.0 Å². The van der Waals surface area contributed by atoms with E-state index >= 15 is 0 Å². The van der Waals surface area contributed by atoms with Crippen molar-refractivity contribution >= 4 is 5.91 Å². The fourth-order valence-corrected chi connectivity index (χ4v) is 4.53. The van der Waals surface area contributed by atoms with Crippen LogP contribution in [0.4, 0.5) is 0 Å². The molecule has 0 radical (unpaired) electrons. The van der Waals surface area contributed by atoms with Crippen LogP contribution in [-0.4, -0.2) is 36.3 Å². The highest BCUT2D eigenvalue weighted by Gasteiger charge is 2.21. The molecule has 5 heteroatoms. The number of amides is 1. The quantitative estimate of drug-likeness (QED) is 0.624. The van der Waals surface area contributed by atoms with Crippen LogP contribution in [0.2, 0.25) is 0 Å². The van der Waals surface area contributed by atoms with Crippen molar-refractivity contribution in [1.82, 2.24) is 10.3 Å². The highest BCUT2D eigenvalue weighted by atomic mass is 16.5. The van der Waals surface area contributed by atoms with E-state index in [1.807, 2.05) is 36.5 Å². The minimum absolute atomic E-state index is 0.0314. The highest BCUT2D eigenvalue weighted by Crippen LogP contribution is 2.27. The van der Waals surface area contributed by atoms with Gasteiger partial charge in [-0.15, -0.1) is 0 Å². The van der Waals surface area contributed by atoms with E-state index < -0.39 is 0 Å². The van der Waals surface area contributed by atoms with Crippen molar-refractivity contribution in [2.45, 2.75) is 44.2 Å². The van der Waals surface area contributed by atoms with Crippen molar-refractivity contribution in [1.29, 1.82) is 0 Å². The molecule has 2 aliphatic rings. The third-order valence-corrected chi connectivity index (χ3v) is 6.34. The van der Waals surface area contributed by atoms with Gasteiger partial charge in [0, 0.05) is 30.6 Å². The smallest absolute Gasteiger partial charge is 0.251 e. The second kappa shape index (κ2) is 9.53. The number of rotatable bonds is 6. The summed E-state index contributed by atoms with van der Waals surface area (Å²) >= 11 is 0. The minimum atomic E-state index is -0.0314. The van der Waals surface area contributed by atoms with Crippen molar-refractivity contribution in [3.63, 3.8) is 0 Å². The van der Waals surface area contributed by atoms with E-state index in [1.165, 1.54) is 16.7 Å². The van der Waals surface area contributed by atoms with Gasteiger partial charge in [0.1, 0.15) is 12.4 Å². The van der Waals surface area contributed by atoms with Gasteiger partial charge in [-0.25, -0.2) is 0 Å². The Morgan fingerprint density at radius 3 is 2.75 bits per heavy atom. The second-order valence-electron chi connectivity index (χ2n) is 8.61. The summed E-state index contributed by atoms with van der Waals surface area (Å²) < 4.78 is 11.4. The summed E-state index contributed by atoms with van der Waals surface area (Å²) in [5.41, 5.74) is 5.67. The first-order valence-electron chi connectivity index (χ1n) is 11.4. The molecule has 3 aromatic rings. The van der Waals surface area contributed by atoms with Crippen molar-refractivity contribution in [2.75, 3.05) is 13.2 Å². The summed E-state index contributed by atoms with van der Waals surface area (Å²) in [7, 11) is 0. The van der Waals surface area contributed by atoms with Crippen molar-refractivity contribution in [2.24, 2.45) is 0 Å². The molecule has 0 bridgehead atoms. The number of ether oxygens (including phenoxy) is 2. The van der Waals surface area contributed by atoms with Crippen LogP contribution in [-0.2, 0) is 17.6 Å². The molecule has 1 fully saturated rings. The Kier molecular flexibility index (Phi) is 6.17. The third-order valence-electron chi connectivity index (χ3n) is 6.34. The number of aromatic nitrogens is 1. The first kappa shape index (κ1) is 20.7. The molecule has 1 saturated heterocycles. The number of aryl methyl sites for hydroxylation is 1. The number of pyridine rings is 1. The van der Waals surface area contributed by atoms with Crippen LogP contribution in [0.5, 0.6) is 5.75 Å². The van der Waals surface area contributed by atoms with Crippen LogP contribution in [0.3, 0.4) is 0 Å². The maximum atomic E-state index is 12.8. The maximum absolute atomic E-state index is 12.8. The molecule has 5 rings (SSSR count). The van der Waals surface area contributed by atoms with E-state index in [-0.39, 0.29) is 18.1 Å². The van der Waals surface area contributed by atoms with Crippen LogP contribution >= 0.6 is 0 Å². The Morgan fingerprint density at radius 2 is 1.97 bits per heavy atom. The molecule has 1 aliphatic heterocycles. The zero-order chi connectivity index (χ0) is 21.8. The average molecular weight is 429 g/mol. The zero-order valence-corrected chi connectivity index (χ0v) is 18.1. The molecular formula is C27H28N2O3. The Bertz CT molecular complexity index is 1060. The summed E-state index contributed by atoms with van der Waals surface area (Å²) in [5, 5.41) is 3.21. The van der Waals surface area contributed by atoms with Gasteiger partial charge in [0.05, 0.1) is 6.10 Å². The summed E-state index contributed by atoms with van der Waals surface area (Å²) in [6.07, 6.45) is 8.79. The van der Waals surface area contributed by atoms with Gasteiger partial charge >= 0.3 is 0 Å². The molecule has 164 valence electrons. The summed E-state index contributed by atoms with van der Waals surface area (Å²) in [4.78, 5) is 17.0. The fourth-order valence-electron chi connectivity index (χ4n) is 4.53. The normalized spacial score (nSPS) is 19.9. The number of carbonyl (C=O) groups excluding carboxylic acids is 1. The molecule has 5 nitrogen and oxygen atoms in total. The zero-order valence-electron chi connectivity index (χ0n) is 18.1. The number of hydrogen-bond acceptors (Lipinski definition) is 4. The van der Waals surface area contributed by atoms with E-state index in [4.69, 9.17) is 9.47 Å². The predicted octanol–water partition coefficient (Wildman–Crippen LogP) is 4.59. The molecule has 2 heterocycles.